The van der Waals surface area contributed by atoms with Crippen LogP contribution in [0.1, 0.15) is 38.2 Å². The van der Waals surface area contributed by atoms with Gasteiger partial charge in [-0.15, -0.1) is 0 Å². The summed E-state index contributed by atoms with van der Waals surface area (Å²) in [5, 5.41) is 0. The maximum Gasteiger partial charge on any atom is 0.0143 e. The Hall–Kier alpha value is -1.82. The third-order valence-electron chi connectivity index (χ3n) is 4.62. The molecular formula is C20H22. The van der Waals surface area contributed by atoms with Crippen LogP contribution in [0.25, 0.3) is 0 Å². The Bertz CT molecular complexity index is 594. The van der Waals surface area contributed by atoms with E-state index in [1.165, 1.54) is 11.1 Å². The molecule has 0 N–H and O–H groups in total. The fourth-order valence-electron chi connectivity index (χ4n) is 3.53. The van der Waals surface area contributed by atoms with E-state index in [1.54, 1.807) is 5.57 Å². The van der Waals surface area contributed by atoms with Crippen LogP contribution in [0.5, 0.6) is 0 Å². The molecular weight excluding hydrogens is 240 g/mol. The van der Waals surface area contributed by atoms with Gasteiger partial charge in [0.15, 0.2) is 0 Å². The molecule has 1 aromatic rings. The highest BCUT2D eigenvalue weighted by molar-refractivity contribution is 5.42. The molecule has 0 radical (unpaired) electrons. The summed E-state index contributed by atoms with van der Waals surface area (Å²) in [7, 11) is 0. The summed E-state index contributed by atoms with van der Waals surface area (Å²) >= 11 is 0. The van der Waals surface area contributed by atoms with Gasteiger partial charge in [-0.3, -0.25) is 0 Å². The van der Waals surface area contributed by atoms with Gasteiger partial charge in [-0.25, -0.2) is 0 Å². The molecule has 0 spiro atoms. The predicted molar refractivity (Wildman–Crippen MR) is 86.6 cm³/mol. The van der Waals surface area contributed by atoms with Crippen molar-refractivity contribution in [2.75, 3.05) is 0 Å². The van der Waals surface area contributed by atoms with E-state index < -0.39 is 0 Å². The maximum absolute atomic E-state index is 2.39. The van der Waals surface area contributed by atoms with Crippen LogP contribution in [0.4, 0.5) is 0 Å². The zero-order valence-electron chi connectivity index (χ0n) is 12.3. The number of hydrogen-bond acceptors (Lipinski definition) is 0. The molecule has 1 aromatic carbocycles. The standard InChI is InChI=1S/C20H22/c1-20(2,18-14-8-9-15-18)19(17-12-6-7-13-17)16-10-4-3-5-11-16/h3-12,14,19H,13,15H2,1-2H3. The Labute approximate surface area is 122 Å². The molecule has 0 nitrogen and oxygen atoms in total. The molecule has 2 aliphatic carbocycles. The Morgan fingerprint density at radius 2 is 1.60 bits per heavy atom. The smallest absolute Gasteiger partial charge is 0.0143 e. The van der Waals surface area contributed by atoms with Gasteiger partial charge < -0.3 is 0 Å². The van der Waals surface area contributed by atoms with Crippen molar-refractivity contribution in [2.24, 2.45) is 5.41 Å². The molecule has 102 valence electrons. The number of rotatable bonds is 4. The molecule has 0 saturated carbocycles. The quantitative estimate of drug-likeness (QED) is 0.665. The second-order valence-electron chi connectivity index (χ2n) is 6.26. The van der Waals surface area contributed by atoms with Crippen LogP contribution in [0.3, 0.4) is 0 Å². The Morgan fingerprint density at radius 1 is 0.900 bits per heavy atom. The fraction of sp³-hybridized carbons (Fsp3) is 0.300. The molecule has 0 bridgehead atoms. The van der Waals surface area contributed by atoms with Crippen LogP contribution in [0.2, 0.25) is 0 Å². The van der Waals surface area contributed by atoms with Crippen molar-refractivity contribution in [2.45, 2.75) is 32.6 Å². The number of hydrogen-bond donors (Lipinski definition) is 0. The molecule has 0 saturated heterocycles. The van der Waals surface area contributed by atoms with Crippen LogP contribution < -0.4 is 0 Å². The Balaban J connectivity index is 2.01. The van der Waals surface area contributed by atoms with Gasteiger partial charge in [0.2, 0.25) is 0 Å². The van der Waals surface area contributed by atoms with Gasteiger partial charge in [0, 0.05) is 5.92 Å². The lowest BCUT2D eigenvalue weighted by molar-refractivity contribution is 0.376. The first kappa shape index (κ1) is 13.2. The normalized spacial score (nSPS) is 19.1. The third kappa shape index (κ3) is 2.31. The van der Waals surface area contributed by atoms with E-state index >= 15 is 0 Å². The Kier molecular flexibility index (Phi) is 3.48. The van der Waals surface area contributed by atoms with E-state index in [9.17, 15) is 0 Å². The van der Waals surface area contributed by atoms with Crippen LogP contribution >= 0.6 is 0 Å². The lowest BCUT2D eigenvalue weighted by atomic mass is 9.66. The summed E-state index contributed by atoms with van der Waals surface area (Å²) in [6.07, 6.45) is 15.7. The summed E-state index contributed by atoms with van der Waals surface area (Å²) in [5.41, 5.74) is 4.66. The lowest BCUT2D eigenvalue weighted by Crippen LogP contribution is -2.25. The molecule has 1 atom stereocenters. The third-order valence-corrected chi connectivity index (χ3v) is 4.62. The largest absolute Gasteiger partial charge is 0.0804 e. The molecule has 1 unspecified atom stereocenters. The maximum atomic E-state index is 2.39. The number of allylic oxidation sites excluding steroid dienone is 8. The van der Waals surface area contributed by atoms with Crippen molar-refractivity contribution in [3.05, 3.63) is 83.5 Å². The first-order chi connectivity index (χ1) is 9.69. The molecule has 0 heteroatoms. The van der Waals surface area contributed by atoms with Gasteiger partial charge in [-0.2, -0.15) is 0 Å². The van der Waals surface area contributed by atoms with Gasteiger partial charge >= 0.3 is 0 Å². The SMILES string of the molecule is CC(C)(C1=CC=CC1)C(C1=CC=CC1)c1ccccc1. The highest BCUT2D eigenvalue weighted by Gasteiger charge is 2.36. The second-order valence-corrected chi connectivity index (χ2v) is 6.26. The minimum Gasteiger partial charge on any atom is -0.0804 e. The molecule has 0 aromatic heterocycles. The average Bonchev–Trinajstić information content (AvgIpc) is 3.13. The van der Waals surface area contributed by atoms with Crippen molar-refractivity contribution in [3.63, 3.8) is 0 Å². The summed E-state index contributed by atoms with van der Waals surface area (Å²) in [6.45, 7) is 4.78. The monoisotopic (exact) mass is 262 g/mol. The second kappa shape index (κ2) is 5.28. The van der Waals surface area contributed by atoms with Gasteiger partial charge in [-0.05, 0) is 23.8 Å². The summed E-state index contributed by atoms with van der Waals surface area (Å²) in [4.78, 5) is 0. The molecule has 0 fully saturated rings. The highest BCUT2D eigenvalue weighted by Crippen LogP contribution is 2.49. The first-order valence-electron chi connectivity index (χ1n) is 7.46. The topological polar surface area (TPSA) is 0 Å². The summed E-state index contributed by atoms with van der Waals surface area (Å²) in [6, 6.07) is 11.0. The zero-order valence-corrected chi connectivity index (χ0v) is 12.3. The number of benzene rings is 1. The molecule has 3 rings (SSSR count). The molecule has 0 heterocycles. The van der Waals surface area contributed by atoms with Crippen LogP contribution in [-0.4, -0.2) is 0 Å². The first-order valence-corrected chi connectivity index (χ1v) is 7.46. The van der Waals surface area contributed by atoms with Gasteiger partial charge in [0.1, 0.15) is 0 Å². The minimum absolute atomic E-state index is 0.155. The molecule has 0 aliphatic heterocycles. The fourth-order valence-corrected chi connectivity index (χ4v) is 3.53. The van der Waals surface area contributed by atoms with E-state index in [0.29, 0.717) is 5.92 Å². The lowest BCUT2D eigenvalue weighted by Gasteiger charge is -2.37. The van der Waals surface area contributed by atoms with Crippen molar-refractivity contribution in [3.8, 4) is 0 Å². The Morgan fingerprint density at radius 3 is 2.20 bits per heavy atom. The van der Waals surface area contributed by atoms with E-state index in [4.69, 9.17) is 0 Å². The predicted octanol–water partition coefficient (Wildman–Crippen LogP) is 5.57. The van der Waals surface area contributed by atoms with E-state index in [0.717, 1.165) is 12.8 Å². The van der Waals surface area contributed by atoms with E-state index in [2.05, 4.69) is 80.6 Å². The van der Waals surface area contributed by atoms with Crippen molar-refractivity contribution in [1.82, 2.24) is 0 Å². The average molecular weight is 262 g/mol. The van der Waals surface area contributed by atoms with Gasteiger partial charge in [0.05, 0.1) is 0 Å². The van der Waals surface area contributed by atoms with E-state index in [-0.39, 0.29) is 5.41 Å². The minimum atomic E-state index is 0.155. The van der Waals surface area contributed by atoms with Gasteiger partial charge in [-0.1, -0.05) is 91.8 Å². The van der Waals surface area contributed by atoms with Crippen molar-refractivity contribution < 1.29 is 0 Å². The summed E-state index contributed by atoms with van der Waals surface area (Å²) < 4.78 is 0. The molecule has 20 heavy (non-hydrogen) atoms. The summed E-state index contributed by atoms with van der Waals surface area (Å²) in [5.74, 6) is 0.463. The van der Waals surface area contributed by atoms with E-state index in [1.807, 2.05) is 0 Å². The molecule has 0 amide bonds. The van der Waals surface area contributed by atoms with Crippen molar-refractivity contribution in [1.29, 1.82) is 0 Å². The van der Waals surface area contributed by atoms with Crippen LogP contribution in [0, 0.1) is 5.41 Å². The highest BCUT2D eigenvalue weighted by atomic mass is 14.4. The van der Waals surface area contributed by atoms with Gasteiger partial charge in [0.25, 0.3) is 0 Å². The molecule has 2 aliphatic rings. The van der Waals surface area contributed by atoms with Crippen LogP contribution in [0.15, 0.2) is 77.9 Å². The zero-order chi connectivity index (χ0) is 14.0. The van der Waals surface area contributed by atoms with Crippen LogP contribution in [-0.2, 0) is 0 Å². The van der Waals surface area contributed by atoms with Crippen molar-refractivity contribution >= 4 is 0 Å².